The van der Waals surface area contributed by atoms with Crippen LogP contribution in [0.2, 0.25) is 0 Å². The summed E-state index contributed by atoms with van der Waals surface area (Å²) in [6, 6.07) is 6.08. The topological polar surface area (TPSA) is 93.2 Å². The molecule has 0 aliphatic rings. The number of phenolic OH excluding ortho intramolecular Hbond substituents is 1. The van der Waals surface area contributed by atoms with Crippen LogP contribution in [-0.4, -0.2) is 33.4 Å². The summed E-state index contributed by atoms with van der Waals surface area (Å²) in [5, 5.41) is 16.1. The molecule has 0 fully saturated rings. The van der Waals surface area contributed by atoms with Crippen molar-refractivity contribution in [3.05, 3.63) is 47.8 Å². The number of aryl methyl sites for hydroxylation is 1. The molecule has 0 spiro atoms. The lowest BCUT2D eigenvalue weighted by atomic mass is 10.1. The average molecular weight is 288 g/mol. The molecule has 1 amide bonds. The maximum atomic E-state index is 11.9. The lowest BCUT2D eigenvalue weighted by Crippen LogP contribution is -2.43. The number of aromatic hydroxyl groups is 1. The van der Waals surface area contributed by atoms with Crippen molar-refractivity contribution in [2.24, 2.45) is 5.73 Å². The number of hydrogen-bond acceptors (Lipinski definition) is 4. The fourth-order valence-corrected chi connectivity index (χ4v) is 1.99. The number of hydrogen-bond donors (Lipinski definition) is 3. The van der Waals surface area contributed by atoms with Crippen molar-refractivity contribution in [2.75, 3.05) is 6.54 Å². The summed E-state index contributed by atoms with van der Waals surface area (Å²) in [6.45, 7) is 3.07. The fraction of sp³-hybridized carbons (Fsp3) is 0.333. The number of carbonyl (C=O) groups excluding carboxylic acids is 1. The summed E-state index contributed by atoms with van der Waals surface area (Å²) in [7, 11) is 0. The van der Waals surface area contributed by atoms with Gasteiger partial charge in [-0.1, -0.05) is 12.1 Å². The van der Waals surface area contributed by atoms with Crippen LogP contribution >= 0.6 is 0 Å². The number of carbonyl (C=O) groups is 1. The van der Waals surface area contributed by atoms with Crippen LogP contribution in [-0.2, 0) is 17.8 Å². The minimum absolute atomic E-state index is 0.188. The van der Waals surface area contributed by atoms with E-state index in [1.54, 1.807) is 35.1 Å². The van der Waals surface area contributed by atoms with Gasteiger partial charge in [-0.05, 0) is 36.6 Å². The van der Waals surface area contributed by atoms with Crippen LogP contribution in [0.1, 0.15) is 11.1 Å². The van der Waals surface area contributed by atoms with Gasteiger partial charge in [0.15, 0.2) is 0 Å². The molecule has 112 valence electrons. The van der Waals surface area contributed by atoms with E-state index in [1.165, 1.54) is 0 Å². The molecule has 1 aromatic heterocycles. The Labute approximate surface area is 123 Å². The zero-order valence-electron chi connectivity index (χ0n) is 12.0. The molecule has 0 aliphatic heterocycles. The van der Waals surface area contributed by atoms with Gasteiger partial charge in [0.1, 0.15) is 5.75 Å². The lowest BCUT2D eigenvalue weighted by molar-refractivity contribution is -0.122. The SMILES string of the molecule is Cc1cnn(CCNC(=O)[C@@H](N)Cc2ccc(O)cc2)c1. The summed E-state index contributed by atoms with van der Waals surface area (Å²) in [6.07, 6.45) is 4.13. The van der Waals surface area contributed by atoms with Crippen LogP contribution in [0, 0.1) is 6.92 Å². The van der Waals surface area contributed by atoms with Crippen LogP contribution in [0.5, 0.6) is 5.75 Å². The highest BCUT2D eigenvalue weighted by molar-refractivity contribution is 5.81. The second-order valence-corrected chi connectivity index (χ2v) is 5.05. The summed E-state index contributed by atoms with van der Waals surface area (Å²) >= 11 is 0. The number of nitrogens with zero attached hydrogens (tertiary/aromatic N) is 2. The number of rotatable bonds is 6. The molecule has 1 heterocycles. The molecule has 4 N–H and O–H groups in total. The molecule has 6 heteroatoms. The number of nitrogens with one attached hydrogen (secondary N) is 1. The van der Waals surface area contributed by atoms with E-state index in [-0.39, 0.29) is 11.7 Å². The zero-order valence-corrected chi connectivity index (χ0v) is 12.0. The Morgan fingerprint density at radius 2 is 2.14 bits per heavy atom. The van der Waals surface area contributed by atoms with Gasteiger partial charge in [0, 0.05) is 12.7 Å². The Morgan fingerprint density at radius 1 is 1.43 bits per heavy atom. The smallest absolute Gasteiger partial charge is 0.237 e. The Balaban J connectivity index is 1.75. The van der Waals surface area contributed by atoms with E-state index in [0.717, 1.165) is 11.1 Å². The van der Waals surface area contributed by atoms with Crippen molar-refractivity contribution in [3.8, 4) is 5.75 Å². The third-order valence-electron chi connectivity index (χ3n) is 3.13. The van der Waals surface area contributed by atoms with E-state index in [0.29, 0.717) is 19.5 Å². The normalized spacial score (nSPS) is 12.1. The fourth-order valence-electron chi connectivity index (χ4n) is 1.99. The molecular weight excluding hydrogens is 268 g/mol. The van der Waals surface area contributed by atoms with E-state index in [9.17, 15) is 9.90 Å². The van der Waals surface area contributed by atoms with Gasteiger partial charge in [0.25, 0.3) is 0 Å². The Morgan fingerprint density at radius 3 is 2.76 bits per heavy atom. The number of nitrogens with two attached hydrogens (primary N) is 1. The Hall–Kier alpha value is -2.34. The van der Waals surface area contributed by atoms with Gasteiger partial charge in [-0.3, -0.25) is 9.48 Å². The molecule has 0 saturated carbocycles. The predicted octanol–water partition coefficient (Wildman–Crippen LogP) is 0.583. The average Bonchev–Trinajstić information content (AvgIpc) is 2.87. The van der Waals surface area contributed by atoms with Crippen molar-refractivity contribution < 1.29 is 9.90 Å². The molecule has 0 aliphatic carbocycles. The second kappa shape index (κ2) is 6.90. The quantitative estimate of drug-likeness (QED) is 0.725. The standard InChI is InChI=1S/C15H20N4O2/c1-11-9-18-19(10-11)7-6-17-15(21)14(16)8-12-2-4-13(20)5-3-12/h2-5,9-10,14,20H,6-8,16H2,1H3,(H,17,21)/t14-/m0/s1. The Bertz CT molecular complexity index is 592. The van der Waals surface area contributed by atoms with E-state index < -0.39 is 6.04 Å². The summed E-state index contributed by atoms with van der Waals surface area (Å²) < 4.78 is 1.78. The first kappa shape index (κ1) is 15.1. The third-order valence-corrected chi connectivity index (χ3v) is 3.13. The monoisotopic (exact) mass is 288 g/mol. The summed E-state index contributed by atoms with van der Waals surface area (Å²) in [4.78, 5) is 11.9. The number of benzene rings is 1. The molecule has 6 nitrogen and oxygen atoms in total. The molecule has 2 aromatic rings. The first-order valence-electron chi connectivity index (χ1n) is 6.85. The molecule has 0 unspecified atom stereocenters. The van der Waals surface area contributed by atoms with Gasteiger partial charge < -0.3 is 16.2 Å². The molecule has 1 aromatic carbocycles. The Kier molecular flexibility index (Phi) is 4.94. The minimum atomic E-state index is -0.603. The molecule has 1 atom stereocenters. The molecule has 0 bridgehead atoms. The van der Waals surface area contributed by atoms with Crippen LogP contribution in [0.4, 0.5) is 0 Å². The molecule has 2 rings (SSSR count). The van der Waals surface area contributed by atoms with Gasteiger partial charge in [-0.2, -0.15) is 5.10 Å². The van der Waals surface area contributed by atoms with Crippen molar-refractivity contribution in [1.82, 2.24) is 15.1 Å². The van der Waals surface area contributed by atoms with Gasteiger partial charge in [0.05, 0.1) is 18.8 Å². The first-order valence-corrected chi connectivity index (χ1v) is 6.85. The largest absolute Gasteiger partial charge is 0.508 e. The molecule has 21 heavy (non-hydrogen) atoms. The van der Waals surface area contributed by atoms with E-state index in [4.69, 9.17) is 5.73 Å². The van der Waals surface area contributed by atoms with Crippen molar-refractivity contribution >= 4 is 5.91 Å². The lowest BCUT2D eigenvalue weighted by Gasteiger charge is -2.12. The number of aromatic nitrogens is 2. The molecular formula is C15H20N4O2. The maximum absolute atomic E-state index is 11.9. The van der Waals surface area contributed by atoms with E-state index in [2.05, 4.69) is 10.4 Å². The van der Waals surface area contributed by atoms with Gasteiger partial charge in [-0.15, -0.1) is 0 Å². The van der Waals surface area contributed by atoms with E-state index in [1.807, 2.05) is 13.1 Å². The van der Waals surface area contributed by atoms with Crippen LogP contribution in [0.3, 0.4) is 0 Å². The van der Waals surface area contributed by atoms with Crippen LogP contribution < -0.4 is 11.1 Å². The highest BCUT2D eigenvalue weighted by atomic mass is 16.3. The zero-order chi connectivity index (χ0) is 15.2. The highest BCUT2D eigenvalue weighted by Crippen LogP contribution is 2.10. The van der Waals surface area contributed by atoms with Crippen molar-refractivity contribution in [3.63, 3.8) is 0 Å². The van der Waals surface area contributed by atoms with Gasteiger partial charge in [-0.25, -0.2) is 0 Å². The predicted molar refractivity (Wildman–Crippen MR) is 79.8 cm³/mol. The molecule has 0 radical (unpaired) electrons. The van der Waals surface area contributed by atoms with Gasteiger partial charge in [0.2, 0.25) is 5.91 Å². The summed E-state index contributed by atoms with van der Waals surface area (Å²) in [5.41, 5.74) is 7.88. The van der Waals surface area contributed by atoms with Crippen LogP contribution in [0.15, 0.2) is 36.7 Å². The van der Waals surface area contributed by atoms with Crippen LogP contribution in [0.25, 0.3) is 0 Å². The maximum Gasteiger partial charge on any atom is 0.237 e. The second-order valence-electron chi connectivity index (χ2n) is 5.05. The molecule has 0 saturated heterocycles. The summed E-state index contributed by atoms with van der Waals surface area (Å²) in [5.74, 6) is 0.0123. The van der Waals surface area contributed by atoms with Crippen molar-refractivity contribution in [1.29, 1.82) is 0 Å². The van der Waals surface area contributed by atoms with E-state index >= 15 is 0 Å². The number of amides is 1. The first-order chi connectivity index (χ1) is 10.0. The highest BCUT2D eigenvalue weighted by Gasteiger charge is 2.13. The minimum Gasteiger partial charge on any atom is -0.508 e. The van der Waals surface area contributed by atoms with Crippen molar-refractivity contribution in [2.45, 2.75) is 25.9 Å². The van der Waals surface area contributed by atoms with Gasteiger partial charge >= 0.3 is 0 Å². The third kappa shape index (κ3) is 4.61. The number of phenols is 1.